The fourth-order valence-electron chi connectivity index (χ4n) is 1.49. The lowest BCUT2D eigenvalue weighted by Gasteiger charge is -2.04. The summed E-state index contributed by atoms with van der Waals surface area (Å²) in [4.78, 5) is 0. The molecule has 0 radical (unpaired) electrons. The van der Waals surface area contributed by atoms with Crippen molar-refractivity contribution in [2.75, 3.05) is 0 Å². The summed E-state index contributed by atoms with van der Waals surface area (Å²) < 4.78 is 0. The molecule has 0 bridgehead atoms. The minimum absolute atomic E-state index is 1.13. The summed E-state index contributed by atoms with van der Waals surface area (Å²) in [5, 5.41) is 0. The first-order valence-corrected chi connectivity index (χ1v) is 4.93. The smallest absolute Gasteiger partial charge is 0.0956 e. The van der Waals surface area contributed by atoms with E-state index < -0.39 is 0 Å². The van der Waals surface area contributed by atoms with Crippen LogP contribution in [0.3, 0.4) is 0 Å². The average Bonchev–Trinajstić information content (AvgIpc) is 2.07. The highest BCUT2D eigenvalue weighted by Crippen LogP contribution is 2.18. The Morgan fingerprint density at radius 3 is 3.08 bits per heavy atom. The van der Waals surface area contributed by atoms with Crippen molar-refractivity contribution in [3.63, 3.8) is 0 Å². The zero-order chi connectivity index (χ0) is 8.81. The van der Waals surface area contributed by atoms with Crippen LogP contribution in [0.1, 0.15) is 45.4 Å². The van der Waals surface area contributed by atoms with Crippen molar-refractivity contribution >= 4 is 0 Å². The topological polar surface area (TPSA) is 0 Å². The summed E-state index contributed by atoms with van der Waals surface area (Å²) >= 11 is 0. The summed E-state index contributed by atoms with van der Waals surface area (Å²) in [6, 6.07) is 0. The molecule has 0 aliphatic heterocycles. The van der Waals surface area contributed by atoms with E-state index in [4.69, 9.17) is 0 Å². The standard InChI is InChI=1S/C12H19/c1-11-7-5-3-4-6-8-12(2)10-9-11/h5,8H,1,3-4,6-7,9-10H2,2H3/q+1/b12-8+. The lowest BCUT2D eigenvalue weighted by Crippen LogP contribution is -1.89. The summed E-state index contributed by atoms with van der Waals surface area (Å²) in [7, 11) is 0. The Labute approximate surface area is 76.4 Å². The zero-order valence-electron chi connectivity index (χ0n) is 8.10. The molecule has 0 nitrogen and oxygen atoms in total. The maximum absolute atomic E-state index is 4.06. The molecule has 0 aromatic carbocycles. The molecule has 0 unspecified atom stereocenters. The van der Waals surface area contributed by atoms with Crippen LogP contribution in [0.15, 0.2) is 23.8 Å². The molecule has 0 atom stereocenters. The monoisotopic (exact) mass is 163 g/mol. The van der Waals surface area contributed by atoms with Crippen LogP contribution in [0.2, 0.25) is 0 Å². The van der Waals surface area contributed by atoms with Crippen molar-refractivity contribution in [1.29, 1.82) is 0 Å². The predicted molar refractivity (Wildman–Crippen MR) is 54.9 cm³/mol. The van der Waals surface area contributed by atoms with Crippen LogP contribution in [0, 0.1) is 6.42 Å². The fourth-order valence-corrected chi connectivity index (χ4v) is 1.49. The van der Waals surface area contributed by atoms with Crippen molar-refractivity contribution in [1.82, 2.24) is 0 Å². The highest BCUT2D eigenvalue weighted by molar-refractivity contribution is 5.06. The van der Waals surface area contributed by atoms with Gasteiger partial charge in [-0.05, 0) is 38.2 Å². The first-order chi connectivity index (χ1) is 5.79. The molecule has 0 fully saturated rings. The largest absolute Gasteiger partial charge is 0.108 e. The van der Waals surface area contributed by atoms with Gasteiger partial charge in [-0.25, -0.2) is 0 Å². The van der Waals surface area contributed by atoms with Gasteiger partial charge in [-0.1, -0.05) is 18.2 Å². The molecule has 1 aliphatic carbocycles. The van der Waals surface area contributed by atoms with Crippen LogP contribution >= 0.6 is 0 Å². The lowest BCUT2D eigenvalue weighted by atomic mass is 9.98. The molecule has 0 heteroatoms. The first-order valence-electron chi connectivity index (χ1n) is 4.93. The molecule has 0 saturated heterocycles. The SMILES string of the molecule is C=C1C[CH+]CCC/C=C(\C)CC1. The minimum Gasteiger partial charge on any atom is -0.0956 e. The molecule has 0 aromatic rings. The maximum atomic E-state index is 4.06. The highest BCUT2D eigenvalue weighted by atomic mass is 14.1. The molecule has 0 aromatic heterocycles. The van der Waals surface area contributed by atoms with Crippen molar-refractivity contribution in [2.45, 2.75) is 45.4 Å². The fraction of sp³-hybridized carbons (Fsp3) is 0.583. The lowest BCUT2D eigenvalue weighted by molar-refractivity contribution is 0.762. The molecule has 12 heavy (non-hydrogen) atoms. The molecule has 66 valence electrons. The Balaban J connectivity index is 2.42. The Bertz CT molecular complexity index is 174. The molecular weight excluding hydrogens is 144 g/mol. The maximum Gasteiger partial charge on any atom is 0.108 e. The van der Waals surface area contributed by atoms with Crippen LogP contribution < -0.4 is 0 Å². The summed E-state index contributed by atoms with van der Waals surface area (Å²) in [6.45, 7) is 6.30. The second-order valence-electron chi connectivity index (χ2n) is 3.72. The van der Waals surface area contributed by atoms with Crippen molar-refractivity contribution in [3.8, 4) is 0 Å². The molecule has 0 N–H and O–H groups in total. The summed E-state index contributed by atoms with van der Waals surface area (Å²) in [5.41, 5.74) is 2.93. The van der Waals surface area contributed by atoms with E-state index >= 15 is 0 Å². The van der Waals surface area contributed by atoms with E-state index in [1.807, 2.05) is 0 Å². The van der Waals surface area contributed by atoms with Gasteiger partial charge in [-0.2, -0.15) is 0 Å². The van der Waals surface area contributed by atoms with E-state index in [2.05, 4.69) is 26.0 Å². The predicted octanol–water partition coefficient (Wildman–Crippen LogP) is 4.05. The van der Waals surface area contributed by atoms with E-state index in [9.17, 15) is 0 Å². The highest BCUT2D eigenvalue weighted by Gasteiger charge is 2.04. The van der Waals surface area contributed by atoms with Crippen LogP contribution in [-0.4, -0.2) is 0 Å². The average molecular weight is 163 g/mol. The molecule has 0 heterocycles. The van der Waals surface area contributed by atoms with Crippen LogP contribution in [0.4, 0.5) is 0 Å². The molecule has 0 amide bonds. The van der Waals surface area contributed by atoms with E-state index in [-0.39, 0.29) is 0 Å². The number of rotatable bonds is 0. The summed E-state index contributed by atoms with van der Waals surface area (Å²) in [6.07, 6.45) is 12.1. The van der Waals surface area contributed by atoms with Crippen molar-refractivity contribution in [2.24, 2.45) is 0 Å². The van der Waals surface area contributed by atoms with Gasteiger partial charge in [-0.15, -0.1) is 0 Å². The Hall–Kier alpha value is -0.650. The molecule has 0 spiro atoms. The van der Waals surface area contributed by atoms with Gasteiger partial charge in [0.15, 0.2) is 0 Å². The third-order valence-corrected chi connectivity index (χ3v) is 2.41. The second-order valence-corrected chi connectivity index (χ2v) is 3.72. The number of allylic oxidation sites excluding steroid dienone is 3. The molecule has 1 rings (SSSR count). The Morgan fingerprint density at radius 2 is 2.25 bits per heavy atom. The Morgan fingerprint density at radius 1 is 1.42 bits per heavy atom. The van der Waals surface area contributed by atoms with Gasteiger partial charge in [0, 0.05) is 0 Å². The number of hydrogen-bond acceptors (Lipinski definition) is 0. The van der Waals surface area contributed by atoms with Crippen LogP contribution in [0.5, 0.6) is 0 Å². The third-order valence-electron chi connectivity index (χ3n) is 2.41. The molecule has 1 aliphatic rings. The zero-order valence-corrected chi connectivity index (χ0v) is 8.10. The van der Waals surface area contributed by atoms with E-state index in [0.29, 0.717) is 0 Å². The quantitative estimate of drug-likeness (QED) is 0.373. The van der Waals surface area contributed by atoms with Crippen LogP contribution in [0.25, 0.3) is 0 Å². The number of hydrogen-bond donors (Lipinski definition) is 0. The first kappa shape index (κ1) is 9.44. The van der Waals surface area contributed by atoms with Gasteiger partial charge < -0.3 is 0 Å². The minimum atomic E-state index is 1.13. The van der Waals surface area contributed by atoms with Gasteiger partial charge in [0.05, 0.1) is 12.8 Å². The van der Waals surface area contributed by atoms with Gasteiger partial charge in [0.2, 0.25) is 0 Å². The van der Waals surface area contributed by atoms with Gasteiger partial charge in [0.25, 0.3) is 0 Å². The van der Waals surface area contributed by atoms with Crippen molar-refractivity contribution < 1.29 is 0 Å². The summed E-state index contributed by atoms with van der Waals surface area (Å²) in [5.74, 6) is 0. The normalized spacial score (nSPS) is 25.4. The second kappa shape index (κ2) is 5.08. The molecular formula is C12H19+. The van der Waals surface area contributed by atoms with E-state index in [0.717, 1.165) is 6.42 Å². The van der Waals surface area contributed by atoms with E-state index in [1.165, 1.54) is 43.3 Å². The van der Waals surface area contributed by atoms with Crippen LogP contribution in [-0.2, 0) is 0 Å². The van der Waals surface area contributed by atoms with Gasteiger partial charge in [0.1, 0.15) is 6.42 Å². The van der Waals surface area contributed by atoms with Gasteiger partial charge >= 0.3 is 0 Å². The molecule has 0 saturated carbocycles. The van der Waals surface area contributed by atoms with Crippen molar-refractivity contribution in [3.05, 3.63) is 30.2 Å². The Kier molecular flexibility index (Phi) is 3.99. The van der Waals surface area contributed by atoms with E-state index in [1.54, 1.807) is 0 Å². The third kappa shape index (κ3) is 3.66. The van der Waals surface area contributed by atoms with Gasteiger partial charge in [-0.3, -0.25) is 0 Å².